The number of hydrogen-bond acceptors (Lipinski definition) is 4. The van der Waals surface area contributed by atoms with Gasteiger partial charge in [0.15, 0.2) is 5.58 Å². The first kappa shape index (κ1) is 13.2. The van der Waals surface area contributed by atoms with Gasteiger partial charge in [0, 0.05) is 6.54 Å². The lowest BCUT2D eigenvalue weighted by Gasteiger charge is -2.12. The van der Waals surface area contributed by atoms with Crippen molar-refractivity contribution < 1.29 is 4.42 Å². The summed E-state index contributed by atoms with van der Waals surface area (Å²) in [4.78, 5) is 4.49. The minimum absolute atomic E-state index is 0.156. The van der Waals surface area contributed by atoms with Crippen LogP contribution in [0.3, 0.4) is 0 Å². The van der Waals surface area contributed by atoms with E-state index in [4.69, 9.17) is 10.2 Å². The van der Waals surface area contributed by atoms with Gasteiger partial charge in [0.1, 0.15) is 5.52 Å². The topological polar surface area (TPSA) is 52.0 Å². The summed E-state index contributed by atoms with van der Waals surface area (Å²) in [6.07, 6.45) is 0. The van der Waals surface area contributed by atoms with Gasteiger partial charge in [0.2, 0.25) is 0 Å². The number of benzene rings is 2. The van der Waals surface area contributed by atoms with E-state index in [0.717, 1.165) is 11.1 Å². The van der Waals surface area contributed by atoms with Crippen LogP contribution in [0.5, 0.6) is 0 Å². The van der Waals surface area contributed by atoms with Gasteiger partial charge in [-0.05, 0) is 24.6 Å². The van der Waals surface area contributed by atoms with E-state index in [9.17, 15) is 0 Å². The molecule has 4 heteroatoms. The van der Waals surface area contributed by atoms with Crippen LogP contribution < -0.4 is 5.73 Å². The summed E-state index contributed by atoms with van der Waals surface area (Å²) in [5.41, 5.74) is 10.0. The molecule has 1 atom stereocenters. The lowest BCUT2D eigenvalue weighted by Crippen LogP contribution is -2.09. The lowest BCUT2D eigenvalue weighted by atomic mass is 10.1. The van der Waals surface area contributed by atoms with Crippen LogP contribution in [0.15, 0.2) is 58.2 Å². The largest absolute Gasteiger partial charge is 0.431 e. The van der Waals surface area contributed by atoms with E-state index in [1.165, 1.54) is 11.1 Å². The van der Waals surface area contributed by atoms with Crippen molar-refractivity contribution in [3.63, 3.8) is 0 Å². The molecule has 0 saturated carbocycles. The van der Waals surface area contributed by atoms with Crippen LogP contribution in [0.2, 0.25) is 0 Å². The second-order valence-corrected chi connectivity index (χ2v) is 5.86. The van der Waals surface area contributed by atoms with E-state index in [1.54, 1.807) is 11.8 Å². The van der Waals surface area contributed by atoms with E-state index < -0.39 is 0 Å². The molecule has 0 aliphatic rings. The molecule has 0 spiro atoms. The normalized spacial score (nSPS) is 12.7. The third-order valence-corrected chi connectivity index (χ3v) is 4.27. The molecule has 20 heavy (non-hydrogen) atoms. The Morgan fingerprint density at radius 3 is 2.80 bits per heavy atom. The Bertz CT molecular complexity index is 690. The van der Waals surface area contributed by atoms with E-state index in [1.807, 2.05) is 24.3 Å². The molecule has 3 nitrogen and oxygen atoms in total. The van der Waals surface area contributed by atoms with Crippen molar-refractivity contribution in [3.05, 3.63) is 59.7 Å². The van der Waals surface area contributed by atoms with Crippen molar-refractivity contribution in [1.82, 2.24) is 4.98 Å². The summed E-state index contributed by atoms with van der Waals surface area (Å²) in [5.74, 6) is 0. The van der Waals surface area contributed by atoms with Gasteiger partial charge in [-0.3, -0.25) is 0 Å². The molecule has 3 aromatic rings. The molecular formula is C16H16N2OS. The molecule has 1 aromatic heterocycles. The first-order valence-corrected chi connectivity index (χ1v) is 7.43. The smallest absolute Gasteiger partial charge is 0.257 e. The van der Waals surface area contributed by atoms with Crippen molar-refractivity contribution in [2.75, 3.05) is 6.54 Å². The number of para-hydroxylation sites is 2. The Morgan fingerprint density at radius 2 is 2.05 bits per heavy atom. The van der Waals surface area contributed by atoms with E-state index in [2.05, 4.69) is 36.2 Å². The molecule has 0 aliphatic carbocycles. The molecule has 2 aromatic carbocycles. The molecule has 0 saturated heterocycles. The van der Waals surface area contributed by atoms with Gasteiger partial charge in [-0.25, -0.2) is 4.98 Å². The Balaban J connectivity index is 1.87. The Kier molecular flexibility index (Phi) is 3.76. The summed E-state index contributed by atoms with van der Waals surface area (Å²) >= 11 is 1.57. The summed E-state index contributed by atoms with van der Waals surface area (Å²) in [6, 6.07) is 16.2. The van der Waals surface area contributed by atoms with Crippen LogP contribution >= 0.6 is 11.8 Å². The molecule has 0 fully saturated rings. The van der Waals surface area contributed by atoms with Crippen LogP contribution in [-0.4, -0.2) is 11.5 Å². The molecule has 0 aliphatic heterocycles. The van der Waals surface area contributed by atoms with Crippen LogP contribution in [0.4, 0.5) is 0 Å². The number of rotatable bonds is 4. The summed E-state index contributed by atoms with van der Waals surface area (Å²) in [5, 5.41) is 0.825. The highest BCUT2D eigenvalue weighted by molar-refractivity contribution is 7.99. The average Bonchev–Trinajstić information content (AvgIpc) is 2.87. The minimum Gasteiger partial charge on any atom is -0.431 e. The van der Waals surface area contributed by atoms with Crippen molar-refractivity contribution >= 4 is 22.9 Å². The third-order valence-electron chi connectivity index (χ3n) is 3.15. The molecule has 1 heterocycles. The van der Waals surface area contributed by atoms with Crippen LogP contribution in [-0.2, 0) is 0 Å². The minimum atomic E-state index is 0.156. The molecule has 0 amide bonds. The van der Waals surface area contributed by atoms with Gasteiger partial charge in [-0.1, -0.05) is 53.7 Å². The monoisotopic (exact) mass is 284 g/mol. The van der Waals surface area contributed by atoms with E-state index in [0.29, 0.717) is 11.8 Å². The fraction of sp³-hybridized carbons (Fsp3) is 0.188. The van der Waals surface area contributed by atoms with Gasteiger partial charge in [0.05, 0.1) is 5.25 Å². The predicted octanol–water partition coefficient (Wildman–Crippen LogP) is 3.93. The highest BCUT2D eigenvalue weighted by Crippen LogP contribution is 2.35. The third kappa shape index (κ3) is 2.71. The predicted molar refractivity (Wildman–Crippen MR) is 82.8 cm³/mol. The van der Waals surface area contributed by atoms with E-state index >= 15 is 0 Å². The second kappa shape index (κ2) is 5.69. The second-order valence-electron chi connectivity index (χ2n) is 4.70. The number of nitrogens with zero attached hydrogens (tertiary/aromatic N) is 1. The fourth-order valence-corrected chi connectivity index (χ4v) is 3.06. The number of nitrogens with two attached hydrogens (primary N) is 1. The Morgan fingerprint density at radius 1 is 1.20 bits per heavy atom. The van der Waals surface area contributed by atoms with Crippen molar-refractivity contribution in [2.24, 2.45) is 5.73 Å². The van der Waals surface area contributed by atoms with Gasteiger partial charge in [-0.2, -0.15) is 0 Å². The maximum absolute atomic E-state index is 5.91. The molecule has 3 rings (SSSR count). The average molecular weight is 284 g/mol. The number of fused-ring (bicyclic) bond motifs is 1. The SMILES string of the molecule is Cc1cccc(C(CN)Sc2nc3ccccc3o2)c1. The lowest BCUT2D eigenvalue weighted by molar-refractivity contribution is 0.488. The molecule has 0 radical (unpaired) electrons. The van der Waals surface area contributed by atoms with Gasteiger partial charge in [-0.15, -0.1) is 0 Å². The summed E-state index contributed by atoms with van der Waals surface area (Å²) < 4.78 is 5.75. The van der Waals surface area contributed by atoms with E-state index in [-0.39, 0.29) is 5.25 Å². The number of aryl methyl sites for hydroxylation is 1. The number of aromatic nitrogens is 1. The van der Waals surface area contributed by atoms with Gasteiger partial charge >= 0.3 is 0 Å². The van der Waals surface area contributed by atoms with Crippen molar-refractivity contribution in [1.29, 1.82) is 0 Å². The number of thioether (sulfide) groups is 1. The van der Waals surface area contributed by atoms with Gasteiger partial charge in [0.25, 0.3) is 5.22 Å². The van der Waals surface area contributed by atoms with Crippen LogP contribution in [0.1, 0.15) is 16.4 Å². The molecular weight excluding hydrogens is 268 g/mol. The maximum atomic E-state index is 5.91. The van der Waals surface area contributed by atoms with Crippen LogP contribution in [0.25, 0.3) is 11.1 Å². The molecule has 0 bridgehead atoms. The zero-order valence-electron chi connectivity index (χ0n) is 11.2. The highest BCUT2D eigenvalue weighted by Gasteiger charge is 2.15. The van der Waals surface area contributed by atoms with Crippen LogP contribution in [0, 0.1) is 6.92 Å². The van der Waals surface area contributed by atoms with Crippen molar-refractivity contribution in [3.8, 4) is 0 Å². The molecule has 1 unspecified atom stereocenters. The number of hydrogen-bond donors (Lipinski definition) is 1. The maximum Gasteiger partial charge on any atom is 0.257 e. The standard InChI is InChI=1S/C16H16N2OS/c1-11-5-4-6-12(9-11)15(10-17)20-16-18-13-7-2-3-8-14(13)19-16/h2-9,15H,10,17H2,1H3. The fourth-order valence-electron chi connectivity index (χ4n) is 2.15. The Hall–Kier alpha value is -1.78. The first-order valence-electron chi connectivity index (χ1n) is 6.55. The number of oxazole rings is 1. The highest BCUT2D eigenvalue weighted by atomic mass is 32.2. The zero-order chi connectivity index (χ0) is 13.9. The van der Waals surface area contributed by atoms with Gasteiger partial charge < -0.3 is 10.2 Å². The Labute approximate surface area is 122 Å². The first-order chi connectivity index (χ1) is 9.76. The molecule has 102 valence electrons. The molecule has 2 N–H and O–H groups in total. The zero-order valence-corrected chi connectivity index (χ0v) is 12.1. The van der Waals surface area contributed by atoms with Crippen molar-refractivity contribution in [2.45, 2.75) is 17.4 Å². The summed E-state index contributed by atoms with van der Waals surface area (Å²) in [6.45, 7) is 2.63. The summed E-state index contributed by atoms with van der Waals surface area (Å²) in [7, 11) is 0. The quantitative estimate of drug-likeness (QED) is 0.738.